The molecule has 0 fully saturated rings. The highest BCUT2D eigenvalue weighted by molar-refractivity contribution is 6.03. The summed E-state index contributed by atoms with van der Waals surface area (Å²) in [6.07, 6.45) is 0.810. The molecule has 3 rings (SSSR count). The van der Waals surface area contributed by atoms with Crippen LogP contribution in [0.3, 0.4) is 0 Å². The molecule has 1 aliphatic carbocycles. The number of nitrogens with zero attached hydrogens (tertiary/aromatic N) is 1. The second-order valence-electron chi connectivity index (χ2n) is 4.99. The van der Waals surface area contributed by atoms with Crippen molar-refractivity contribution in [3.05, 3.63) is 59.2 Å². The average molecular weight is 247 g/mol. The van der Waals surface area contributed by atoms with Gasteiger partial charge in [0.2, 0.25) is 0 Å². The van der Waals surface area contributed by atoms with Gasteiger partial charge >= 0.3 is 0 Å². The molecule has 0 spiro atoms. The summed E-state index contributed by atoms with van der Waals surface area (Å²) < 4.78 is 0. The predicted octanol–water partition coefficient (Wildman–Crippen LogP) is 3.60. The number of carbonyl (C=O) groups excluding carboxylic acids is 1. The van der Waals surface area contributed by atoms with Gasteiger partial charge < -0.3 is 0 Å². The molecule has 0 N–H and O–H groups in total. The summed E-state index contributed by atoms with van der Waals surface area (Å²) >= 11 is 0. The Kier molecular flexibility index (Phi) is 2.68. The summed E-state index contributed by atoms with van der Waals surface area (Å²) in [5.74, 6) is 0.319. The van der Waals surface area contributed by atoms with Crippen LogP contribution in [0.1, 0.15) is 28.4 Å². The zero-order chi connectivity index (χ0) is 13.4. The van der Waals surface area contributed by atoms with Gasteiger partial charge in [0.05, 0.1) is 11.6 Å². The third-order valence-corrected chi connectivity index (χ3v) is 3.72. The van der Waals surface area contributed by atoms with Crippen LogP contribution in [-0.2, 0) is 6.42 Å². The van der Waals surface area contributed by atoms with E-state index in [1.807, 2.05) is 49.4 Å². The molecule has 2 aromatic rings. The highest BCUT2D eigenvalue weighted by atomic mass is 16.1. The Morgan fingerprint density at radius 1 is 1.11 bits per heavy atom. The van der Waals surface area contributed by atoms with Crippen LogP contribution in [0.4, 0.5) is 0 Å². The second-order valence-corrected chi connectivity index (χ2v) is 4.99. The van der Waals surface area contributed by atoms with Crippen molar-refractivity contribution in [1.82, 2.24) is 0 Å². The summed E-state index contributed by atoms with van der Waals surface area (Å²) in [6.45, 7) is 1.98. The summed E-state index contributed by atoms with van der Waals surface area (Å²) in [5.41, 5.74) is 4.83. The van der Waals surface area contributed by atoms with E-state index in [0.717, 1.165) is 28.7 Å². The van der Waals surface area contributed by atoms with E-state index < -0.39 is 0 Å². The molecule has 0 saturated heterocycles. The van der Waals surface area contributed by atoms with Crippen molar-refractivity contribution >= 4 is 5.78 Å². The summed E-state index contributed by atoms with van der Waals surface area (Å²) in [6, 6.07) is 15.5. The molecule has 2 heteroatoms. The van der Waals surface area contributed by atoms with Crippen molar-refractivity contribution in [1.29, 1.82) is 5.26 Å². The standard InChI is InChI=1S/C17H13NO/c1-11-9-16-14(3-2-4-15(16)17(11)19)13-7-5-12(10-18)6-8-13/h2-8,11H,9H2,1H3. The van der Waals surface area contributed by atoms with E-state index in [9.17, 15) is 4.79 Å². The first-order valence-electron chi connectivity index (χ1n) is 6.37. The third-order valence-electron chi connectivity index (χ3n) is 3.72. The number of rotatable bonds is 1. The van der Waals surface area contributed by atoms with Gasteiger partial charge in [0, 0.05) is 11.5 Å². The molecule has 19 heavy (non-hydrogen) atoms. The fourth-order valence-corrected chi connectivity index (χ4v) is 2.70. The third kappa shape index (κ3) is 1.84. The molecule has 0 aliphatic heterocycles. The molecular weight excluding hydrogens is 234 g/mol. The van der Waals surface area contributed by atoms with Crippen LogP contribution < -0.4 is 0 Å². The Labute approximate surface area is 112 Å². The summed E-state index contributed by atoms with van der Waals surface area (Å²) in [4.78, 5) is 12.0. The normalized spacial score (nSPS) is 17.1. The molecule has 2 aromatic carbocycles. The van der Waals surface area contributed by atoms with E-state index in [1.165, 1.54) is 0 Å². The minimum absolute atomic E-state index is 0.0783. The maximum Gasteiger partial charge on any atom is 0.166 e. The van der Waals surface area contributed by atoms with Crippen molar-refractivity contribution in [2.45, 2.75) is 13.3 Å². The Hall–Kier alpha value is -2.40. The number of fused-ring (bicyclic) bond motifs is 1. The van der Waals surface area contributed by atoms with E-state index >= 15 is 0 Å². The van der Waals surface area contributed by atoms with Gasteiger partial charge in [-0.15, -0.1) is 0 Å². The molecule has 0 bridgehead atoms. The molecule has 1 atom stereocenters. The van der Waals surface area contributed by atoms with Gasteiger partial charge in [0.15, 0.2) is 5.78 Å². The lowest BCUT2D eigenvalue weighted by Gasteiger charge is -2.08. The van der Waals surface area contributed by atoms with E-state index in [0.29, 0.717) is 5.56 Å². The minimum Gasteiger partial charge on any atom is -0.294 e. The van der Waals surface area contributed by atoms with Crippen LogP contribution in [-0.4, -0.2) is 5.78 Å². The molecule has 92 valence electrons. The number of hydrogen-bond donors (Lipinski definition) is 0. The average Bonchev–Trinajstić information content (AvgIpc) is 2.75. The van der Waals surface area contributed by atoms with Gasteiger partial charge in [0.25, 0.3) is 0 Å². The monoisotopic (exact) mass is 247 g/mol. The van der Waals surface area contributed by atoms with Gasteiger partial charge in [-0.05, 0) is 35.2 Å². The lowest BCUT2D eigenvalue weighted by atomic mass is 9.96. The molecule has 0 radical (unpaired) electrons. The number of nitriles is 1. The molecule has 2 nitrogen and oxygen atoms in total. The summed E-state index contributed by atoms with van der Waals surface area (Å²) in [7, 11) is 0. The first kappa shape index (κ1) is 11.7. The van der Waals surface area contributed by atoms with Crippen molar-refractivity contribution in [3.8, 4) is 17.2 Å². The van der Waals surface area contributed by atoms with Gasteiger partial charge in [-0.1, -0.05) is 37.3 Å². The van der Waals surface area contributed by atoms with Crippen molar-refractivity contribution in [3.63, 3.8) is 0 Å². The first-order valence-corrected chi connectivity index (χ1v) is 6.37. The van der Waals surface area contributed by atoms with Gasteiger partial charge in [-0.25, -0.2) is 0 Å². The van der Waals surface area contributed by atoms with Gasteiger partial charge in [0.1, 0.15) is 0 Å². The number of hydrogen-bond acceptors (Lipinski definition) is 2. The van der Waals surface area contributed by atoms with Crippen LogP contribution in [0.2, 0.25) is 0 Å². The smallest absolute Gasteiger partial charge is 0.166 e. The quantitative estimate of drug-likeness (QED) is 0.772. The molecular formula is C17H13NO. The largest absolute Gasteiger partial charge is 0.294 e. The Balaban J connectivity index is 2.12. The summed E-state index contributed by atoms with van der Waals surface area (Å²) in [5, 5.41) is 8.83. The topological polar surface area (TPSA) is 40.9 Å². The predicted molar refractivity (Wildman–Crippen MR) is 73.8 cm³/mol. The van der Waals surface area contributed by atoms with Gasteiger partial charge in [-0.2, -0.15) is 5.26 Å². The SMILES string of the molecule is CC1Cc2c(cccc2-c2ccc(C#N)cc2)C1=O. The molecule has 0 saturated carbocycles. The van der Waals surface area contributed by atoms with E-state index in [-0.39, 0.29) is 11.7 Å². The lowest BCUT2D eigenvalue weighted by Crippen LogP contribution is -2.02. The lowest BCUT2D eigenvalue weighted by molar-refractivity contribution is 0.0946. The highest BCUT2D eigenvalue weighted by Crippen LogP contribution is 2.34. The van der Waals surface area contributed by atoms with E-state index in [4.69, 9.17) is 5.26 Å². The second kappa shape index (κ2) is 4.37. The van der Waals surface area contributed by atoms with Crippen molar-refractivity contribution in [2.75, 3.05) is 0 Å². The van der Waals surface area contributed by atoms with Gasteiger partial charge in [-0.3, -0.25) is 4.79 Å². The van der Waals surface area contributed by atoms with Crippen LogP contribution in [0.25, 0.3) is 11.1 Å². The van der Waals surface area contributed by atoms with E-state index in [2.05, 4.69) is 6.07 Å². The number of ketones is 1. The maximum atomic E-state index is 12.0. The first-order chi connectivity index (χ1) is 9.20. The zero-order valence-electron chi connectivity index (χ0n) is 10.7. The molecule has 1 aliphatic rings. The maximum absolute atomic E-state index is 12.0. The molecule has 1 unspecified atom stereocenters. The van der Waals surface area contributed by atoms with Crippen molar-refractivity contribution in [2.24, 2.45) is 5.92 Å². The Bertz CT molecular complexity index is 692. The van der Waals surface area contributed by atoms with Crippen LogP contribution in [0.5, 0.6) is 0 Å². The van der Waals surface area contributed by atoms with Crippen LogP contribution >= 0.6 is 0 Å². The molecule has 0 amide bonds. The minimum atomic E-state index is 0.0783. The van der Waals surface area contributed by atoms with Crippen molar-refractivity contribution < 1.29 is 4.79 Å². The molecule has 0 heterocycles. The highest BCUT2D eigenvalue weighted by Gasteiger charge is 2.28. The molecule has 0 aromatic heterocycles. The fourth-order valence-electron chi connectivity index (χ4n) is 2.70. The van der Waals surface area contributed by atoms with E-state index in [1.54, 1.807) is 0 Å². The number of benzene rings is 2. The Morgan fingerprint density at radius 3 is 2.47 bits per heavy atom. The van der Waals surface area contributed by atoms with Crippen LogP contribution in [0.15, 0.2) is 42.5 Å². The Morgan fingerprint density at radius 2 is 1.79 bits per heavy atom. The zero-order valence-corrected chi connectivity index (χ0v) is 10.7. The number of carbonyl (C=O) groups is 1. The van der Waals surface area contributed by atoms with Crippen LogP contribution in [0, 0.1) is 17.2 Å². The number of Topliss-reactive ketones (excluding diaryl/α,β-unsaturated/α-hetero) is 1. The fraction of sp³-hybridized carbons (Fsp3) is 0.176.